The smallest absolute Gasteiger partial charge is 0.291 e. The number of furan rings is 1. The quantitative estimate of drug-likeness (QED) is 0.526. The van der Waals surface area contributed by atoms with Gasteiger partial charge in [0.05, 0.1) is 11.6 Å². The van der Waals surface area contributed by atoms with Crippen molar-refractivity contribution in [2.75, 3.05) is 0 Å². The molecule has 0 aliphatic heterocycles. The summed E-state index contributed by atoms with van der Waals surface area (Å²) >= 11 is 0. The van der Waals surface area contributed by atoms with Gasteiger partial charge in [0.2, 0.25) is 5.91 Å². The minimum atomic E-state index is -0.693. The van der Waals surface area contributed by atoms with Gasteiger partial charge < -0.3 is 9.73 Å². The maximum Gasteiger partial charge on any atom is 0.291 e. The van der Waals surface area contributed by atoms with Gasteiger partial charge in [0.15, 0.2) is 5.58 Å². The standard InChI is InChI=1S/C23H26N4O3/c1-5-17(22(28)24-15(4)16-10-8-7-9-11-16)27-23(29)19-13-20-18(12-14(3)30-20)26(19)21(6-2)25-27/h7-13,15,17H,5-6H2,1-4H3,(H,24,28)/t15-,17+/m1/s1. The summed E-state index contributed by atoms with van der Waals surface area (Å²) in [6.45, 7) is 7.67. The molecule has 1 N–H and O–H groups in total. The van der Waals surface area contributed by atoms with Crippen LogP contribution in [0.5, 0.6) is 0 Å². The molecule has 4 aromatic rings. The van der Waals surface area contributed by atoms with E-state index in [4.69, 9.17) is 4.42 Å². The van der Waals surface area contributed by atoms with Crippen molar-refractivity contribution >= 4 is 22.5 Å². The molecule has 0 aliphatic carbocycles. The molecule has 0 radical (unpaired) electrons. The molecule has 1 aromatic carbocycles. The Hall–Kier alpha value is -3.35. The van der Waals surface area contributed by atoms with Crippen molar-refractivity contribution in [1.82, 2.24) is 19.5 Å². The average molecular weight is 406 g/mol. The second-order valence-corrected chi connectivity index (χ2v) is 7.56. The highest BCUT2D eigenvalue weighted by atomic mass is 16.3. The van der Waals surface area contributed by atoms with Crippen molar-refractivity contribution < 1.29 is 9.21 Å². The molecule has 7 nitrogen and oxygen atoms in total. The molecule has 0 spiro atoms. The highest BCUT2D eigenvalue weighted by Crippen LogP contribution is 2.24. The first kappa shape index (κ1) is 19.9. The molecule has 0 saturated carbocycles. The third-order valence-corrected chi connectivity index (χ3v) is 5.48. The summed E-state index contributed by atoms with van der Waals surface area (Å²) in [4.78, 5) is 26.3. The fraction of sp³-hybridized carbons (Fsp3) is 0.348. The summed E-state index contributed by atoms with van der Waals surface area (Å²) < 4.78 is 8.87. The van der Waals surface area contributed by atoms with Gasteiger partial charge in [0, 0.05) is 18.6 Å². The van der Waals surface area contributed by atoms with E-state index in [1.165, 1.54) is 4.68 Å². The molecule has 30 heavy (non-hydrogen) atoms. The lowest BCUT2D eigenvalue weighted by molar-refractivity contribution is -0.125. The number of carbonyl (C=O) groups is 1. The number of hydrogen-bond acceptors (Lipinski definition) is 4. The number of benzene rings is 1. The molecule has 7 heteroatoms. The summed E-state index contributed by atoms with van der Waals surface area (Å²) in [6, 6.07) is 12.5. The first-order chi connectivity index (χ1) is 14.4. The van der Waals surface area contributed by atoms with Gasteiger partial charge in [-0.3, -0.25) is 14.0 Å². The molecule has 3 aromatic heterocycles. The van der Waals surface area contributed by atoms with E-state index in [0.717, 1.165) is 16.8 Å². The van der Waals surface area contributed by atoms with Gasteiger partial charge in [-0.25, -0.2) is 4.68 Å². The minimum Gasteiger partial charge on any atom is -0.460 e. The van der Waals surface area contributed by atoms with Crippen LogP contribution in [0.2, 0.25) is 0 Å². The summed E-state index contributed by atoms with van der Waals surface area (Å²) in [6.07, 6.45) is 1.07. The van der Waals surface area contributed by atoms with E-state index < -0.39 is 6.04 Å². The number of aryl methyl sites for hydroxylation is 2. The van der Waals surface area contributed by atoms with Crippen LogP contribution in [0.3, 0.4) is 0 Å². The molecule has 3 heterocycles. The van der Waals surface area contributed by atoms with E-state index in [2.05, 4.69) is 10.4 Å². The Morgan fingerprint density at radius 3 is 2.57 bits per heavy atom. The first-order valence-electron chi connectivity index (χ1n) is 10.3. The number of amides is 1. The van der Waals surface area contributed by atoms with Crippen LogP contribution in [0.25, 0.3) is 16.6 Å². The topological polar surface area (TPSA) is 81.5 Å². The summed E-state index contributed by atoms with van der Waals surface area (Å²) in [5.41, 5.74) is 2.65. The monoisotopic (exact) mass is 406 g/mol. The predicted molar refractivity (Wildman–Crippen MR) is 116 cm³/mol. The fourth-order valence-corrected chi connectivity index (χ4v) is 3.93. The number of nitrogens with one attached hydrogen (secondary N) is 1. The molecule has 1 amide bonds. The van der Waals surface area contributed by atoms with Gasteiger partial charge in [0.25, 0.3) is 5.56 Å². The van der Waals surface area contributed by atoms with Gasteiger partial charge >= 0.3 is 0 Å². The number of carbonyl (C=O) groups excluding carboxylic acids is 1. The van der Waals surface area contributed by atoms with Gasteiger partial charge in [0.1, 0.15) is 23.1 Å². The van der Waals surface area contributed by atoms with Crippen molar-refractivity contribution in [3.63, 3.8) is 0 Å². The van der Waals surface area contributed by atoms with Crippen molar-refractivity contribution in [1.29, 1.82) is 0 Å². The summed E-state index contributed by atoms with van der Waals surface area (Å²) in [5, 5.41) is 7.61. The lowest BCUT2D eigenvalue weighted by atomic mass is 10.1. The van der Waals surface area contributed by atoms with Crippen LogP contribution in [-0.4, -0.2) is 20.1 Å². The van der Waals surface area contributed by atoms with Crippen LogP contribution in [0.4, 0.5) is 0 Å². The molecule has 4 rings (SSSR count). The third kappa shape index (κ3) is 3.30. The van der Waals surface area contributed by atoms with Gasteiger partial charge in [-0.15, -0.1) is 0 Å². The number of aromatic nitrogens is 3. The molecule has 0 unspecified atom stereocenters. The first-order valence-corrected chi connectivity index (χ1v) is 10.3. The molecule has 0 fully saturated rings. The lowest BCUT2D eigenvalue weighted by Gasteiger charge is -2.21. The molecule has 0 bridgehead atoms. The second kappa shape index (κ2) is 7.82. The Morgan fingerprint density at radius 1 is 1.17 bits per heavy atom. The number of nitrogens with zero attached hydrogens (tertiary/aromatic N) is 3. The average Bonchev–Trinajstić information content (AvgIpc) is 3.27. The molecule has 2 atom stereocenters. The maximum absolute atomic E-state index is 13.3. The Bertz CT molecular complexity index is 1270. The molecular weight excluding hydrogens is 380 g/mol. The number of fused-ring (bicyclic) bond motifs is 3. The van der Waals surface area contributed by atoms with Gasteiger partial charge in [-0.05, 0) is 25.8 Å². The minimum absolute atomic E-state index is 0.170. The van der Waals surface area contributed by atoms with Crippen LogP contribution in [0.15, 0.2) is 51.7 Å². The van der Waals surface area contributed by atoms with E-state index in [0.29, 0.717) is 29.8 Å². The molecule has 0 saturated heterocycles. The summed E-state index contributed by atoms with van der Waals surface area (Å²) in [7, 11) is 0. The Morgan fingerprint density at radius 2 is 1.90 bits per heavy atom. The van der Waals surface area contributed by atoms with Gasteiger partial charge in [-0.2, -0.15) is 5.10 Å². The van der Waals surface area contributed by atoms with E-state index >= 15 is 0 Å². The molecule has 0 aliphatic rings. The fourth-order valence-electron chi connectivity index (χ4n) is 3.93. The number of hydrogen-bond donors (Lipinski definition) is 1. The van der Waals surface area contributed by atoms with Crippen molar-refractivity contribution in [3.05, 3.63) is 70.0 Å². The lowest BCUT2D eigenvalue weighted by Crippen LogP contribution is -2.40. The predicted octanol–water partition coefficient (Wildman–Crippen LogP) is 3.94. The van der Waals surface area contributed by atoms with Gasteiger partial charge in [-0.1, -0.05) is 44.2 Å². The zero-order valence-electron chi connectivity index (χ0n) is 17.7. The largest absolute Gasteiger partial charge is 0.460 e. The summed E-state index contributed by atoms with van der Waals surface area (Å²) in [5.74, 6) is 1.27. The van der Waals surface area contributed by atoms with Crippen LogP contribution in [0.1, 0.15) is 56.4 Å². The van der Waals surface area contributed by atoms with Crippen molar-refractivity contribution in [2.45, 2.75) is 52.6 Å². The molecular formula is C23H26N4O3. The van der Waals surface area contributed by atoms with Crippen LogP contribution < -0.4 is 10.9 Å². The Balaban J connectivity index is 1.75. The van der Waals surface area contributed by atoms with E-state index in [1.807, 2.05) is 68.5 Å². The SMILES string of the molecule is CCc1nn([C@@H](CC)C(=O)N[C@H](C)c2ccccc2)c(=O)c2cc3oc(C)cc3n12. The van der Waals surface area contributed by atoms with Crippen molar-refractivity contribution in [3.8, 4) is 0 Å². The third-order valence-electron chi connectivity index (χ3n) is 5.48. The normalized spacial score (nSPS) is 13.6. The Kier molecular flexibility index (Phi) is 5.20. The highest BCUT2D eigenvalue weighted by Gasteiger charge is 2.25. The van der Waals surface area contributed by atoms with E-state index in [9.17, 15) is 9.59 Å². The molecule has 156 valence electrons. The highest BCUT2D eigenvalue weighted by molar-refractivity contribution is 5.84. The van der Waals surface area contributed by atoms with Crippen LogP contribution in [-0.2, 0) is 11.2 Å². The number of rotatable bonds is 6. The zero-order valence-corrected chi connectivity index (χ0v) is 17.7. The van der Waals surface area contributed by atoms with Crippen LogP contribution in [0, 0.1) is 6.92 Å². The maximum atomic E-state index is 13.3. The Labute approximate surface area is 174 Å². The second-order valence-electron chi connectivity index (χ2n) is 7.56. The van der Waals surface area contributed by atoms with E-state index in [-0.39, 0.29) is 17.5 Å². The zero-order chi connectivity index (χ0) is 21.4. The van der Waals surface area contributed by atoms with Crippen LogP contribution >= 0.6 is 0 Å². The van der Waals surface area contributed by atoms with Crippen molar-refractivity contribution in [2.24, 2.45) is 0 Å². The van der Waals surface area contributed by atoms with E-state index in [1.54, 1.807) is 6.07 Å².